The molecule has 1 fully saturated rings. The van der Waals surface area contributed by atoms with Crippen molar-refractivity contribution in [3.63, 3.8) is 0 Å². The number of carbonyl (C=O) groups is 2. The Morgan fingerprint density at radius 2 is 0.765 bits per heavy atom. The molecule has 7 unspecified atom stereocenters. The molecule has 85 heavy (non-hydrogen) atoms. The molecule has 7 atom stereocenters. The van der Waals surface area contributed by atoms with Gasteiger partial charge in [0.25, 0.3) is 0 Å². The van der Waals surface area contributed by atoms with Gasteiger partial charge in [-0.1, -0.05) is 300 Å². The van der Waals surface area contributed by atoms with Gasteiger partial charge in [-0.2, -0.15) is 0 Å². The molecule has 11 nitrogen and oxygen atoms in total. The number of rotatable bonds is 64. The zero-order valence-corrected chi connectivity index (χ0v) is 55.3. The van der Waals surface area contributed by atoms with Crippen molar-refractivity contribution in [3.05, 3.63) is 48.6 Å². The number of unbranched alkanes of at least 4 members (excludes halogenated alkanes) is 44. The lowest BCUT2D eigenvalue weighted by Crippen LogP contribution is -2.60. The number of esters is 1. The first kappa shape index (κ1) is 80.6. The predicted molar refractivity (Wildman–Crippen MR) is 357 cm³/mol. The maximum atomic E-state index is 13.1. The highest BCUT2D eigenvalue weighted by atomic mass is 16.7. The number of aliphatic hydroxyl groups is 5. The van der Waals surface area contributed by atoms with Crippen LogP contribution in [0.1, 0.15) is 348 Å². The van der Waals surface area contributed by atoms with Crippen LogP contribution in [0.15, 0.2) is 48.6 Å². The van der Waals surface area contributed by atoms with Gasteiger partial charge < -0.3 is 45.1 Å². The summed E-state index contributed by atoms with van der Waals surface area (Å²) in [4.78, 5) is 25.1. The molecule has 1 rings (SSSR count). The van der Waals surface area contributed by atoms with Crippen molar-refractivity contribution >= 4 is 11.9 Å². The van der Waals surface area contributed by atoms with Gasteiger partial charge in [0.15, 0.2) is 6.29 Å². The van der Waals surface area contributed by atoms with E-state index in [1.165, 1.54) is 257 Å². The summed E-state index contributed by atoms with van der Waals surface area (Å²) in [6.45, 7) is 4.33. The van der Waals surface area contributed by atoms with Gasteiger partial charge in [-0.05, 0) is 83.5 Å². The maximum absolute atomic E-state index is 13.1. The highest BCUT2D eigenvalue weighted by Gasteiger charge is 2.44. The van der Waals surface area contributed by atoms with E-state index in [-0.39, 0.29) is 18.5 Å². The molecule has 0 aromatic rings. The van der Waals surface area contributed by atoms with E-state index in [1.54, 1.807) is 6.08 Å². The number of hydrogen-bond donors (Lipinski definition) is 6. The highest BCUT2D eigenvalue weighted by molar-refractivity contribution is 5.76. The van der Waals surface area contributed by atoms with Crippen LogP contribution in [0.5, 0.6) is 0 Å². The van der Waals surface area contributed by atoms with Crippen LogP contribution < -0.4 is 5.32 Å². The molecule has 0 aromatic carbocycles. The van der Waals surface area contributed by atoms with Crippen LogP contribution in [0, 0.1) is 0 Å². The van der Waals surface area contributed by atoms with Crippen LogP contribution in [0.2, 0.25) is 0 Å². The zero-order chi connectivity index (χ0) is 61.6. The normalized spacial score (nSPS) is 18.2. The number of hydrogen-bond acceptors (Lipinski definition) is 10. The molecular weight excluding hydrogens is 1060 g/mol. The first-order chi connectivity index (χ1) is 41.7. The van der Waals surface area contributed by atoms with E-state index < -0.39 is 49.5 Å². The van der Waals surface area contributed by atoms with Gasteiger partial charge in [-0.25, -0.2) is 0 Å². The van der Waals surface area contributed by atoms with Gasteiger partial charge in [-0.3, -0.25) is 9.59 Å². The van der Waals surface area contributed by atoms with Crippen molar-refractivity contribution in [3.8, 4) is 0 Å². The summed E-state index contributed by atoms with van der Waals surface area (Å²) in [5.41, 5.74) is 0. The van der Waals surface area contributed by atoms with E-state index in [9.17, 15) is 35.1 Å². The lowest BCUT2D eigenvalue weighted by atomic mass is 9.99. The summed E-state index contributed by atoms with van der Waals surface area (Å²) < 4.78 is 16.7. The van der Waals surface area contributed by atoms with Gasteiger partial charge >= 0.3 is 5.97 Å². The Kier molecular flexibility index (Phi) is 60.0. The predicted octanol–water partition coefficient (Wildman–Crippen LogP) is 18.7. The molecule has 0 radical (unpaired) electrons. The Bertz CT molecular complexity index is 1550. The average molecular weight is 1200 g/mol. The highest BCUT2D eigenvalue weighted by Crippen LogP contribution is 2.23. The molecule has 0 saturated carbocycles. The minimum atomic E-state index is -1.58. The Labute approximate surface area is 523 Å². The van der Waals surface area contributed by atoms with Crippen LogP contribution in [0.3, 0.4) is 0 Å². The van der Waals surface area contributed by atoms with E-state index in [0.717, 1.165) is 64.2 Å². The topological polar surface area (TPSA) is 175 Å². The van der Waals surface area contributed by atoms with E-state index >= 15 is 0 Å². The Hall–Kier alpha value is -2.38. The lowest BCUT2D eigenvalue weighted by molar-refractivity contribution is -0.302. The quantitative estimate of drug-likeness (QED) is 0.0195. The van der Waals surface area contributed by atoms with Crippen molar-refractivity contribution in [2.24, 2.45) is 0 Å². The van der Waals surface area contributed by atoms with Gasteiger partial charge in [0.05, 0.1) is 32.0 Å². The second-order valence-electron chi connectivity index (χ2n) is 25.3. The molecule has 11 heteroatoms. The summed E-state index contributed by atoms with van der Waals surface area (Å²) in [5.74, 6) is -0.183. The van der Waals surface area contributed by atoms with E-state index in [0.29, 0.717) is 19.4 Å². The van der Waals surface area contributed by atoms with Crippen LogP contribution in [0.25, 0.3) is 0 Å². The summed E-state index contributed by atoms with van der Waals surface area (Å²) in [5, 5.41) is 54.5. The van der Waals surface area contributed by atoms with Gasteiger partial charge in [0.2, 0.25) is 5.91 Å². The van der Waals surface area contributed by atoms with E-state index in [2.05, 4.69) is 55.6 Å². The standard InChI is InChI=1S/C74H137NO10/c1-3-5-7-9-11-13-15-16-37-41-44-48-52-56-60-67(77)66(65-84-74-73(82)72(81)71(80)68(64-76)85-74)75-69(78)61-57-53-49-45-42-38-35-33-31-29-27-25-23-21-19-17-18-20-22-24-26-28-30-32-34-36-39-43-47-51-55-59-63-83-70(79)62-58-54-50-46-40-14-12-10-8-6-4-2/h13,15,20,22,41,44,56,60,66-68,71-74,76-77,80-82H,3-12,14,16-19,21,23-40,42-43,45-55,57-59,61-65H2,1-2H3,(H,75,78)/b15-13+,22-20-,44-41+,60-56+. The van der Waals surface area contributed by atoms with E-state index in [4.69, 9.17) is 14.2 Å². The first-order valence-corrected chi connectivity index (χ1v) is 36.4. The molecule has 498 valence electrons. The largest absolute Gasteiger partial charge is 0.466 e. The average Bonchev–Trinajstić information content (AvgIpc) is 3.51. The molecule has 0 spiro atoms. The third kappa shape index (κ3) is 52.1. The lowest BCUT2D eigenvalue weighted by Gasteiger charge is -2.40. The maximum Gasteiger partial charge on any atom is 0.305 e. The molecule has 6 N–H and O–H groups in total. The third-order valence-electron chi connectivity index (χ3n) is 17.1. The number of allylic oxidation sites excluding steroid dienone is 7. The van der Waals surface area contributed by atoms with Crippen LogP contribution in [0.4, 0.5) is 0 Å². The molecule has 1 saturated heterocycles. The Morgan fingerprint density at radius 1 is 0.424 bits per heavy atom. The molecule has 0 aromatic heterocycles. The van der Waals surface area contributed by atoms with Crippen molar-refractivity contribution in [2.75, 3.05) is 19.8 Å². The number of amides is 1. The van der Waals surface area contributed by atoms with Crippen LogP contribution >= 0.6 is 0 Å². The zero-order valence-electron chi connectivity index (χ0n) is 55.3. The third-order valence-corrected chi connectivity index (χ3v) is 17.1. The number of carbonyl (C=O) groups excluding carboxylic acids is 2. The minimum absolute atomic E-state index is 0.0101. The fraction of sp³-hybridized carbons (Fsp3) is 0.865. The summed E-state index contributed by atoms with van der Waals surface area (Å²) in [7, 11) is 0. The Morgan fingerprint density at radius 3 is 1.18 bits per heavy atom. The van der Waals surface area contributed by atoms with Crippen molar-refractivity contribution in [2.45, 2.75) is 391 Å². The minimum Gasteiger partial charge on any atom is -0.466 e. The number of ether oxygens (including phenoxy) is 3. The molecule has 0 bridgehead atoms. The summed E-state index contributed by atoms with van der Waals surface area (Å²) >= 11 is 0. The monoisotopic (exact) mass is 1200 g/mol. The number of nitrogens with one attached hydrogen (secondary N) is 1. The fourth-order valence-electron chi connectivity index (χ4n) is 11.4. The van der Waals surface area contributed by atoms with Gasteiger partial charge in [-0.15, -0.1) is 0 Å². The molecule has 1 aliphatic heterocycles. The van der Waals surface area contributed by atoms with Crippen molar-refractivity contribution in [1.29, 1.82) is 0 Å². The van der Waals surface area contributed by atoms with Gasteiger partial charge in [0.1, 0.15) is 24.4 Å². The SMILES string of the molecule is CCCCCC/C=C/CC/C=C/CC/C=C/C(O)C(COC1OC(CO)C(O)C(O)C1O)NC(=O)CCCCCCCCCCCCCCCCCC/C=C\CCCCCCCCCCCCCCOC(=O)CCCCCCCCCCCCC. The second kappa shape index (κ2) is 63.2. The summed E-state index contributed by atoms with van der Waals surface area (Å²) in [6, 6.07) is -0.833. The molecule has 0 aliphatic carbocycles. The fourth-order valence-corrected chi connectivity index (χ4v) is 11.4. The Balaban J connectivity index is 1.97. The molecule has 1 heterocycles. The smallest absolute Gasteiger partial charge is 0.305 e. The van der Waals surface area contributed by atoms with Crippen molar-refractivity contribution < 1.29 is 49.3 Å². The van der Waals surface area contributed by atoms with Gasteiger partial charge in [0, 0.05) is 12.8 Å². The summed E-state index contributed by atoms with van der Waals surface area (Å²) in [6.07, 6.45) is 72.5. The molecule has 1 aliphatic rings. The first-order valence-electron chi connectivity index (χ1n) is 36.4. The van der Waals surface area contributed by atoms with Crippen LogP contribution in [-0.4, -0.2) is 100 Å². The second-order valence-corrected chi connectivity index (χ2v) is 25.3. The number of aliphatic hydroxyl groups excluding tert-OH is 5. The van der Waals surface area contributed by atoms with Crippen LogP contribution in [-0.2, 0) is 23.8 Å². The van der Waals surface area contributed by atoms with Crippen molar-refractivity contribution in [1.82, 2.24) is 5.32 Å². The molecule has 1 amide bonds. The molecular formula is C74H137NO10. The van der Waals surface area contributed by atoms with E-state index in [1.807, 2.05) is 6.08 Å².